The second-order valence-electron chi connectivity index (χ2n) is 9.44. The lowest BCUT2D eigenvalue weighted by molar-refractivity contribution is 0.423. The number of nitrogens with zero attached hydrogens (tertiary/aromatic N) is 2. The van der Waals surface area contributed by atoms with E-state index in [-0.39, 0.29) is 11.5 Å². The highest BCUT2D eigenvalue weighted by atomic mass is 16.5. The van der Waals surface area contributed by atoms with Crippen molar-refractivity contribution in [2.45, 2.75) is 71.8 Å². The molecule has 1 heterocycles. The van der Waals surface area contributed by atoms with Crippen molar-refractivity contribution in [3.63, 3.8) is 0 Å². The smallest absolute Gasteiger partial charge is 0.257 e. The molecule has 0 saturated heterocycles. The molecule has 4 rings (SSSR count). The van der Waals surface area contributed by atoms with Crippen LogP contribution in [0.3, 0.4) is 0 Å². The van der Waals surface area contributed by atoms with Crippen LogP contribution in [0, 0.1) is 13.8 Å². The number of benzene rings is 2. The number of nitrogens with two attached hydrogens (primary N) is 1. The lowest BCUT2D eigenvalue weighted by Crippen LogP contribution is -2.17. The molecule has 2 aromatic carbocycles. The van der Waals surface area contributed by atoms with E-state index >= 15 is 0 Å². The van der Waals surface area contributed by atoms with Crippen molar-refractivity contribution in [2.24, 2.45) is 5.73 Å². The summed E-state index contributed by atoms with van der Waals surface area (Å²) >= 11 is 0. The molecule has 0 saturated carbocycles. The van der Waals surface area contributed by atoms with Crippen molar-refractivity contribution in [2.75, 3.05) is 0 Å². The van der Waals surface area contributed by atoms with Crippen molar-refractivity contribution < 1.29 is 4.52 Å². The first kappa shape index (κ1) is 19.8. The molecule has 3 aromatic rings. The molecule has 4 heteroatoms. The van der Waals surface area contributed by atoms with Crippen LogP contribution in [0.2, 0.25) is 0 Å². The predicted molar refractivity (Wildman–Crippen MR) is 117 cm³/mol. The molecule has 1 atom stereocenters. The van der Waals surface area contributed by atoms with Gasteiger partial charge in [-0.15, -0.1) is 0 Å². The first-order valence-corrected chi connectivity index (χ1v) is 10.5. The summed E-state index contributed by atoms with van der Waals surface area (Å²) in [7, 11) is 0. The summed E-state index contributed by atoms with van der Waals surface area (Å²) in [6.45, 7) is 11.1. The molecule has 4 nitrogen and oxygen atoms in total. The normalized spacial score (nSPS) is 16.7. The maximum absolute atomic E-state index is 6.24. The van der Waals surface area contributed by atoms with E-state index in [1.54, 1.807) is 0 Å². The number of aromatic nitrogens is 2. The summed E-state index contributed by atoms with van der Waals surface area (Å²) in [5.41, 5.74) is 15.1. The van der Waals surface area contributed by atoms with Crippen LogP contribution in [0.5, 0.6) is 0 Å². The lowest BCUT2D eigenvalue weighted by atomic mass is 9.83. The van der Waals surface area contributed by atoms with Crippen LogP contribution in [0.25, 0.3) is 11.5 Å². The van der Waals surface area contributed by atoms with Gasteiger partial charge in [-0.1, -0.05) is 44.1 Å². The molecule has 0 fully saturated rings. The van der Waals surface area contributed by atoms with E-state index in [1.807, 2.05) is 0 Å². The molecule has 0 aliphatic heterocycles. The second-order valence-corrected chi connectivity index (χ2v) is 9.44. The minimum atomic E-state index is 0.141. The number of fused-ring (bicyclic) bond motifs is 1. The van der Waals surface area contributed by atoms with Crippen LogP contribution < -0.4 is 5.73 Å². The molecule has 2 N–H and O–H groups in total. The van der Waals surface area contributed by atoms with Gasteiger partial charge in [-0.3, -0.25) is 0 Å². The Morgan fingerprint density at radius 3 is 2.52 bits per heavy atom. The molecule has 0 spiro atoms. The number of hydrogen-bond acceptors (Lipinski definition) is 4. The predicted octanol–water partition coefficient (Wildman–Crippen LogP) is 5.58. The maximum Gasteiger partial charge on any atom is 0.257 e. The van der Waals surface area contributed by atoms with E-state index in [2.05, 4.69) is 75.1 Å². The van der Waals surface area contributed by atoms with Gasteiger partial charge < -0.3 is 10.3 Å². The van der Waals surface area contributed by atoms with Crippen LogP contribution in [-0.2, 0) is 18.3 Å². The molecule has 0 bridgehead atoms. The van der Waals surface area contributed by atoms with Crippen LogP contribution in [0.1, 0.15) is 78.9 Å². The molecule has 0 amide bonds. The quantitative estimate of drug-likeness (QED) is 0.635. The second kappa shape index (κ2) is 7.42. The van der Waals surface area contributed by atoms with Gasteiger partial charge in [0.05, 0.1) is 0 Å². The van der Waals surface area contributed by atoms with Gasteiger partial charge in [0, 0.05) is 18.0 Å². The molecular formula is C25H31N3O. The van der Waals surface area contributed by atoms with Gasteiger partial charge in [-0.2, -0.15) is 4.98 Å². The Bertz CT molecular complexity index is 1020. The highest BCUT2D eigenvalue weighted by molar-refractivity contribution is 5.56. The van der Waals surface area contributed by atoms with Crippen molar-refractivity contribution in [1.29, 1.82) is 0 Å². The van der Waals surface area contributed by atoms with E-state index < -0.39 is 0 Å². The third-order valence-electron chi connectivity index (χ3n) is 6.12. The summed E-state index contributed by atoms with van der Waals surface area (Å²) in [6.07, 6.45) is 3.94. The molecule has 1 aromatic heterocycles. The van der Waals surface area contributed by atoms with Crippen molar-refractivity contribution in [1.82, 2.24) is 10.1 Å². The first-order chi connectivity index (χ1) is 13.7. The SMILES string of the molecule is Cc1cc(C(C)(C)C)cc(C)c1Cc1noc(-c2ccc3c(c2)CCCC3N)n1. The van der Waals surface area contributed by atoms with Crippen molar-refractivity contribution >= 4 is 0 Å². The zero-order valence-electron chi connectivity index (χ0n) is 18.2. The Balaban J connectivity index is 1.59. The van der Waals surface area contributed by atoms with Crippen LogP contribution in [-0.4, -0.2) is 10.1 Å². The first-order valence-electron chi connectivity index (χ1n) is 10.5. The van der Waals surface area contributed by atoms with E-state index in [1.165, 1.54) is 33.4 Å². The van der Waals surface area contributed by atoms with Crippen molar-refractivity contribution in [3.8, 4) is 11.5 Å². The highest BCUT2D eigenvalue weighted by Crippen LogP contribution is 2.32. The molecule has 1 aliphatic rings. The molecule has 152 valence electrons. The van der Waals surface area contributed by atoms with Crippen LogP contribution in [0.4, 0.5) is 0 Å². The molecule has 1 unspecified atom stereocenters. The van der Waals surface area contributed by atoms with Gasteiger partial charge in [0.1, 0.15) is 0 Å². The third-order valence-corrected chi connectivity index (χ3v) is 6.12. The Kier molecular flexibility index (Phi) is 5.07. The minimum absolute atomic E-state index is 0.141. The standard InChI is InChI=1S/C25H31N3O/c1-15-11-19(25(3,4)5)12-16(2)21(15)14-23-27-24(29-28-23)18-9-10-20-17(13-18)7-6-8-22(20)26/h9-13,22H,6-8,14,26H2,1-5H3. The monoisotopic (exact) mass is 389 g/mol. The Labute approximate surface area is 173 Å². The van der Waals surface area contributed by atoms with Gasteiger partial charge in [-0.05, 0) is 84.0 Å². The number of hydrogen-bond donors (Lipinski definition) is 1. The van der Waals surface area contributed by atoms with Gasteiger partial charge in [0.25, 0.3) is 5.89 Å². The fourth-order valence-electron chi connectivity index (χ4n) is 4.29. The van der Waals surface area contributed by atoms with Gasteiger partial charge in [0.2, 0.25) is 0 Å². The molecule has 29 heavy (non-hydrogen) atoms. The summed E-state index contributed by atoms with van der Waals surface area (Å²) < 4.78 is 5.61. The number of rotatable bonds is 3. The average molecular weight is 390 g/mol. The fourth-order valence-corrected chi connectivity index (χ4v) is 4.29. The molecule has 1 aliphatic carbocycles. The lowest BCUT2D eigenvalue weighted by Gasteiger charge is -2.22. The highest BCUT2D eigenvalue weighted by Gasteiger charge is 2.20. The largest absolute Gasteiger partial charge is 0.334 e. The van der Waals surface area contributed by atoms with Crippen LogP contribution in [0.15, 0.2) is 34.9 Å². The van der Waals surface area contributed by atoms with E-state index in [4.69, 9.17) is 10.3 Å². The maximum atomic E-state index is 6.24. The minimum Gasteiger partial charge on any atom is -0.334 e. The van der Waals surface area contributed by atoms with Gasteiger partial charge in [-0.25, -0.2) is 0 Å². The zero-order chi connectivity index (χ0) is 20.8. The summed E-state index contributed by atoms with van der Waals surface area (Å²) in [6, 6.07) is 11.1. The number of aryl methyl sites for hydroxylation is 3. The fraction of sp³-hybridized carbons (Fsp3) is 0.440. The van der Waals surface area contributed by atoms with Gasteiger partial charge in [0.15, 0.2) is 5.82 Å². The molecule has 0 radical (unpaired) electrons. The average Bonchev–Trinajstić information content (AvgIpc) is 3.12. The van der Waals surface area contributed by atoms with Crippen molar-refractivity contribution in [3.05, 3.63) is 69.5 Å². The van der Waals surface area contributed by atoms with E-state index in [0.717, 1.165) is 30.7 Å². The van der Waals surface area contributed by atoms with Crippen LogP contribution >= 0.6 is 0 Å². The Morgan fingerprint density at radius 2 is 1.83 bits per heavy atom. The summed E-state index contributed by atoms with van der Waals surface area (Å²) in [5, 5.41) is 4.26. The summed E-state index contributed by atoms with van der Waals surface area (Å²) in [5.74, 6) is 1.31. The Hall–Kier alpha value is -2.46. The topological polar surface area (TPSA) is 64.9 Å². The van der Waals surface area contributed by atoms with Gasteiger partial charge >= 0.3 is 0 Å². The molecular weight excluding hydrogens is 358 g/mol. The van der Waals surface area contributed by atoms with E-state index in [9.17, 15) is 0 Å². The van der Waals surface area contributed by atoms with E-state index in [0.29, 0.717) is 12.3 Å². The third kappa shape index (κ3) is 3.99. The zero-order valence-corrected chi connectivity index (χ0v) is 18.2. The Morgan fingerprint density at radius 1 is 1.10 bits per heavy atom. The summed E-state index contributed by atoms with van der Waals surface area (Å²) in [4.78, 5) is 4.69.